The number of hydrogen-bond acceptors (Lipinski definition) is 4. The first-order chi connectivity index (χ1) is 14.3. The average molecular weight is 408 g/mol. The Hall–Kier alpha value is -3.06. The molecule has 2 aromatic rings. The van der Waals surface area contributed by atoms with Gasteiger partial charge < -0.3 is 10.6 Å². The fourth-order valence-electron chi connectivity index (χ4n) is 3.86. The zero-order chi connectivity index (χ0) is 21.3. The molecule has 156 valence electrons. The van der Waals surface area contributed by atoms with Crippen molar-refractivity contribution in [2.24, 2.45) is 4.99 Å². The molecule has 2 aliphatic rings. The van der Waals surface area contributed by atoms with Crippen molar-refractivity contribution in [3.63, 3.8) is 0 Å². The van der Waals surface area contributed by atoms with Gasteiger partial charge in [-0.15, -0.1) is 0 Å². The summed E-state index contributed by atoms with van der Waals surface area (Å²) in [6.07, 6.45) is 1.28. The van der Waals surface area contributed by atoms with E-state index in [9.17, 15) is 14.0 Å². The molecule has 0 bridgehead atoms. The van der Waals surface area contributed by atoms with Gasteiger partial charge in [-0.25, -0.2) is 4.39 Å². The number of halogens is 1. The van der Waals surface area contributed by atoms with Gasteiger partial charge in [-0.05, 0) is 31.5 Å². The second-order valence-corrected chi connectivity index (χ2v) is 8.10. The summed E-state index contributed by atoms with van der Waals surface area (Å²) in [7, 11) is 0. The molecule has 2 aliphatic heterocycles. The Morgan fingerprint density at radius 1 is 1.17 bits per heavy atom. The van der Waals surface area contributed by atoms with E-state index in [1.807, 2.05) is 36.1 Å². The van der Waals surface area contributed by atoms with Gasteiger partial charge in [0.05, 0.1) is 6.54 Å². The van der Waals surface area contributed by atoms with E-state index < -0.39 is 5.66 Å². The summed E-state index contributed by atoms with van der Waals surface area (Å²) in [5, 5.41) is 5.79. The summed E-state index contributed by atoms with van der Waals surface area (Å²) in [6, 6.07) is 12.4. The number of hydrogen-bond donors (Lipinski definition) is 2. The van der Waals surface area contributed by atoms with Gasteiger partial charge in [-0.3, -0.25) is 19.5 Å². The summed E-state index contributed by atoms with van der Waals surface area (Å²) >= 11 is 0. The van der Waals surface area contributed by atoms with Gasteiger partial charge in [0, 0.05) is 37.2 Å². The summed E-state index contributed by atoms with van der Waals surface area (Å²) in [6.45, 7) is 5.18. The maximum Gasteiger partial charge on any atom is 0.272 e. The quantitative estimate of drug-likeness (QED) is 0.817. The van der Waals surface area contributed by atoms with Crippen LogP contribution in [0, 0.1) is 19.7 Å². The monoisotopic (exact) mass is 408 g/mol. The minimum absolute atomic E-state index is 0.147. The molecule has 6 nitrogen and oxygen atoms in total. The molecule has 2 N–H and O–H groups in total. The van der Waals surface area contributed by atoms with Crippen molar-refractivity contribution in [3.05, 3.63) is 65.0 Å². The number of aliphatic imine (C=N–C) groups is 1. The molecule has 1 fully saturated rings. The van der Waals surface area contributed by atoms with Crippen LogP contribution in [-0.4, -0.2) is 47.7 Å². The molecule has 0 radical (unpaired) electrons. The third-order valence-electron chi connectivity index (χ3n) is 5.72. The zero-order valence-electron chi connectivity index (χ0n) is 17.2. The lowest BCUT2D eigenvalue weighted by Gasteiger charge is -2.36. The molecule has 1 spiro atoms. The number of benzene rings is 2. The molecule has 7 heteroatoms. The standard InChI is InChI=1S/C23H25FN4O2/c1-15-3-6-17(7-4-15)21-22(30)27-23(26-21)9-11-28(12-10-23)14-20(29)25-18-8-5-16(2)19(24)13-18/h3-8,13H,9-12,14H2,1-2H3,(H,25,29)(H,27,30). The van der Waals surface area contributed by atoms with Gasteiger partial charge in [0.25, 0.3) is 5.91 Å². The molecule has 4 rings (SSSR count). The van der Waals surface area contributed by atoms with Crippen LogP contribution in [0.25, 0.3) is 0 Å². The lowest BCUT2D eigenvalue weighted by Crippen LogP contribution is -2.52. The second kappa shape index (κ2) is 7.99. The van der Waals surface area contributed by atoms with Crippen molar-refractivity contribution < 1.29 is 14.0 Å². The van der Waals surface area contributed by atoms with E-state index in [1.165, 1.54) is 6.07 Å². The number of carbonyl (C=O) groups is 2. The van der Waals surface area contributed by atoms with Crippen molar-refractivity contribution in [2.75, 3.05) is 25.0 Å². The lowest BCUT2D eigenvalue weighted by molar-refractivity contribution is -0.119. The van der Waals surface area contributed by atoms with Gasteiger partial charge in [0.15, 0.2) is 0 Å². The third-order valence-corrected chi connectivity index (χ3v) is 5.72. The Morgan fingerprint density at radius 3 is 2.53 bits per heavy atom. The third kappa shape index (κ3) is 4.26. The molecule has 2 amide bonds. The molecular formula is C23H25FN4O2. The first-order valence-electron chi connectivity index (χ1n) is 10.1. The number of amides is 2. The van der Waals surface area contributed by atoms with Crippen LogP contribution in [0.1, 0.15) is 29.5 Å². The number of aryl methyl sites for hydroxylation is 2. The van der Waals surface area contributed by atoms with Crippen LogP contribution >= 0.6 is 0 Å². The van der Waals surface area contributed by atoms with Crippen molar-refractivity contribution in [1.82, 2.24) is 10.2 Å². The summed E-state index contributed by atoms with van der Waals surface area (Å²) in [5.41, 5.74) is 2.83. The predicted octanol–water partition coefficient (Wildman–Crippen LogP) is 2.79. The highest BCUT2D eigenvalue weighted by Crippen LogP contribution is 2.29. The molecule has 0 aliphatic carbocycles. The van der Waals surface area contributed by atoms with Crippen LogP contribution in [0.3, 0.4) is 0 Å². The Bertz CT molecular complexity index is 1010. The molecule has 30 heavy (non-hydrogen) atoms. The average Bonchev–Trinajstić information content (AvgIpc) is 3.03. The van der Waals surface area contributed by atoms with Crippen molar-refractivity contribution in [3.8, 4) is 0 Å². The van der Waals surface area contributed by atoms with Crippen molar-refractivity contribution >= 4 is 23.2 Å². The van der Waals surface area contributed by atoms with E-state index in [0.717, 1.165) is 11.1 Å². The molecule has 0 aromatic heterocycles. The number of likely N-dealkylation sites (tertiary alicyclic amines) is 1. The van der Waals surface area contributed by atoms with Crippen LogP contribution in [0.15, 0.2) is 47.5 Å². The lowest BCUT2D eigenvalue weighted by atomic mass is 9.98. The molecule has 0 atom stereocenters. The Kier molecular flexibility index (Phi) is 5.39. The van der Waals surface area contributed by atoms with E-state index in [0.29, 0.717) is 42.9 Å². The first-order valence-corrected chi connectivity index (χ1v) is 10.1. The molecule has 0 unspecified atom stereocenters. The van der Waals surface area contributed by atoms with Gasteiger partial charge in [0.1, 0.15) is 17.2 Å². The number of carbonyl (C=O) groups excluding carboxylic acids is 2. The van der Waals surface area contributed by atoms with Crippen LogP contribution < -0.4 is 10.6 Å². The minimum Gasteiger partial charge on any atom is -0.326 e. The topological polar surface area (TPSA) is 73.8 Å². The van der Waals surface area contributed by atoms with Gasteiger partial charge in [0.2, 0.25) is 5.91 Å². The van der Waals surface area contributed by atoms with E-state index in [2.05, 4.69) is 10.6 Å². The van der Waals surface area contributed by atoms with E-state index in [4.69, 9.17) is 4.99 Å². The van der Waals surface area contributed by atoms with Crippen LogP contribution in [0.2, 0.25) is 0 Å². The van der Waals surface area contributed by atoms with E-state index in [1.54, 1.807) is 19.1 Å². The van der Waals surface area contributed by atoms with Gasteiger partial charge >= 0.3 is 0 Å². The summed E-state index contributed by atoms with van der Waals surface area (Å²) in [5.74, 6) is -0.674. The second-order valence-electron chi connectivity index (χ2n) is 8.10. The summed E-state index contributed by atoms with van der Waals surface area (Å²) < 4.78 is 13.7. The number of rotatable bonds is 4. The highest BCUT2D eigenvalue weighted by molar-refractivity contribution is 6.46. The highest BCUT2D eigenvalue weighted by Gasteiger charge is 2.42. The molecular weight excluding hydrogens is 383 g/mol. The molecule has 1 saturated heterocycles. The normalized spacial score (nSPS) is 18.2. The summed E-state index contributed by atoms with van der Waals surface area (Å²) in [4.78, 5) is 31.6. The number of anilines is 1. The fraction of sp³-hybridized carbons (Fsp3) is 0.348. The Labute approximate surface area is 175 Å². The van der Waals surface area contributed by atoms with Crippen LogP contribution in [0.5, 0.6) is 0 Å². The van der Waals surface area contributed by atoms with Crippen molar-refractivity contribution in [1.29, 1.82) is 0 Å². The maximum absolute atomic E-state index is 13.7. The number of nitrogens with one attached hydrogen (secondary N) is 2. The fourth-order valence-corrected chi connectivity index (χ4v) is 3.86. The number of nitrogens with zero attached hydrogens (tertiary/aromatic N) is 2. The smallest absolute Gasteiger partial charge is 0.272 e. The van der Waals surface area contributed by atoms with E-state index >= 15 is 0 Å². The first kappa shape index (κ1) is 20.2. The zero-order valence-corrected chi connectivity index (χ0v) is 17.2. The van der Waals surface area contributed by atoms with Gasteiger partial charge in [-0.2, -0.15) is 0 Å². The largest absolute Gasteiger partial charge is 0.326 e. The molecule has 2 aromatic carbocycles. The predicted molar refractivity (Wildman–Crippen MR) is 114 cm³/mol. The molecule has 0 saturated carbocycles. The van der Waals surface area contributed by atoms with Crippen LogP contribution in [0.4, 0.5) is 10.1 Å². The van der Waals surface area contributed by atoms with E-state index in [-0.39, 0.29) is 24.2 Å². The van der Waals surface area contributed by atoms with Crippen LogP contribution in [-0.2, 0) is 9.59 Å². The minimum atomic E-state index is -0.593. The SMILES string of the molecule is Cc1ccc(C2=NC3(CCN(CC(=O)Nc4ccc(C)c(F)c4)CC3)NC2=O)cc1. The van der Waals surface area contributed by atoms with Gasteiger partial charge in [-0.1, -0.05) is 35.9 Å². The Morgan fingerprint density at radius 2 is 1.87 bits per heavy atom. The Balaban J connectivity index is 1.35. The maximum atomic E-state index is 13.7. The highest BCUT2D eigenvalue weighted by atomic mass is 19.1. The number of piperidine rings is 1. The molecule has 2 heterocycles. The van der Waals surface area contributed by atoms with Crippen molar-refractivity contribution in [2.45, 2.75) is 32.4 Å².